The van der Waals surface area contributed by atoms with E-state index in [4.69, 9.17) is 4.74 Å². The molecule has 0 spiro atoms. The van der Waals surface area contributed by atoms with Crippen LogP contribution in [0.3, 0.4) is 0 Å². The van der Waals surface area contributed by atoms with Gasteiger partial charge in [-0.3, -0.25) is 14.6 Å². The predicted molar refractivity (Wildman–Crippen MR) is 132 cm³/mol. The molecule has 1 N–H and O–H groups in total. The molecule has 36 heavy (non-hydrogen) atoms. The number of piperazine rings is 1. The van der Waals surface area contributed by atoms with E-state index in [-0.39, 0.29) is 11.9 Å². The van der Waals surface area contributed by atoms with Gasteiger partial charge in [0.2, 0.25) is 5.91 Å². The Labute approximate surface area is 210 Å². The van der Waals surface area contributed by atoms with Gasteiger partial charge in [-0.05, 0) is 35.7 Å². The van der Waals surface area contributed by atoms with E-state index in [1.807, 2.05) is 18.2 Å². The zero-order valence-electron chi connectivity index (χ0n) is 20.3. The van der Waals surface area contributed by atoms with Gasteiger partial charge in [-0.25, -0.2) is 0 Å². The van der Waals surface area contributed by atoms with Crippen LogP contribution in [0.1, 0.15) is 16.7 Å². The molecule has 2 aromatic rings. The summed E-state index contributed by atoms with van der Waals surface area (Å²) in [6.45, 7) is 7.29. The lowest BCUT2D eigenvalue weighted by Gasteiger charge is -2.49. The van der Waals surface area contributed by atoms with Crippen molar-refractivity contribution in [2.75, 3.05) is 63.9 Å². The molecule has 2 unspecified atom stereocenters. The number of morpholine rings is 1. The Balaban J connectivity index is 1.33. The molecule has 6 nitrogen and oxygen atoms in total. The van der Waals surface area contributed by atoms with Gasteiger partial charge in [0, 0.05) is 58.0 Å². The second-order valence-electron chi connectivity index (χ2n) is 9.88. The highest BCUT2D eigenvalue weighted by Crippen LogP contribution is 2.39. The summed E-state index contributed by atoms with van der Waals surface area (Å²) in [5.74, 6) is -0.493. The largest absolute Gasteiger partial charge is 0.416 e. The molecule has 0 radical (unpaired) electrons. The van der Waals surface area contributed by atoms with Crippen LogP contribution in [0.15, 0.2) is 48.5 Å². The Morgan fingerprint density at radius 1 is 1.00 bits per heavy atom. The standard InChI is InChI=1S/C27H33F3N4O2/c28-27(29,30)22-6-7-24-21(16-22)17-23(26(35)31-8-9-32-12-14-36-15-13-32)25-19-33(10-11-34(24)25)18-20-4-2-1-3-5-20/h1-7,16,23,25H,8-15,17-19H2,(H,31,35). The number of halogens is 3. The fourth-order valence-electron chi connectivity index (χ4n) is 5.64. The molecule has 2 fully saturated rings. The number of hydrogen-bond donors (Lipinski definition) is 1. The van der Waals surface area contributed by atoms with E-state index < -0.39 is 17.7 Å². The smallest absolute Gasteiger partial charge is 0.379 e. The number of carbonyl (C=O) groups is 1. The number of nitrogens with zero attached hydrogens (tertiary/aromatic N) is 3. The minimum atomic E-state index is -4.41. The summed E-state index contributed by atoms with van der Waals surface area (Å²) >= 11 is 0. The molecule has 2 atom stereocenters. The zero-order chi connectivity index (χ0) is 25.1. The van der Waals surface area contributed by atoms with Gasteiger partial charge in [0.05, 0.1) is 30.7 Å². The van der Waals surface area contributed by atoms with Gasteiger partial charge >= 0.3 is 6.18 Å². The zero-order valence-corrected chi connectivity index (χ0v) is 20.3. The van der Waals surface area contributed by atoms with Crippen molar-refractivity contribution in [2.45, 2.75) is 25.2 Å². The minimum absolute atomic E-state index is 0.0807. The van der Waals surface area contributed by atoms with Crippen LogP contribution < -0.4 is 10.2 Å². The lowest BCUT2D eigenvalue weighted by atomic mass is 9.82. The van der Waals surface area contributed by atoms with Crippen molar-refractivity contribution in [1.82, 2.24) is 15.1 Å². The average molecular weight is 503 g/mol. The van der Waals surface area contributed by atoms with Crippen LogP contribution in [0.5, 0.6) is 0 Å². The molecule has 2 aromatic carbocycles. The summed E-state index contributed by atoms with van der Waals surface area (Å²) < 4.78 is 45.7. The van der Waals surface area contributed by atoms with E-state index in [0.717, 1.165) is 44.5 Å². The van der Waals surface area contributed by atoms with Gasteiger partial charge in [0.15, 0.2) is 0 Å². The summed E-state index contributed by atoms with van der Waals surface area (Å²) in [6, 6.07) is 14.1. The average Bonchev–Trinajstić information content (AvgIpc) is 2.88. The third kappa shape index (κ3) is 5.68. The normalized spacial score (nSPS) is 23.1. The summed E-state index contributed by atoms with van der Waals surface area (Å²) in [4.78, 5) is 20.2. The van der Waals surface area contributed by atoms with Crippen molar-refractivity contribution in [3.05, 3.63) is 65.2 Å². The van der Waals surface area contributed by atoms with Crippen molar-refractivity contribution in [3.8, 4) is 0 Å². The Morgan fingerprint density at radius 3 is 2.53 bits per heavy atom. The van der Waals surface area contributed by atoms with Crippen LogP contribution in [-0.4, -0.2) is 80.8 Å². The van der Waals surface area contributed by atoms with Gasteiger partial charge in [-0.2, -0.15) is 13.2 Å². The van der Waals surface area contributed by atoms with Gasteiger partial charge < -0.3 is 15.0 Å². The Kier molecular flexibility index (Phi) is 7.50. The number of rotatable bonds is 6. The fourth-order valence-corrected chi connectivity index (χ4v) is 5.64. The van der Waals surface area contributed by atoms with Crippen LogP contribution in [0.25, 0.3) is 0 Å². The Hall–Kier alpha value is -2.62. The maximum atomic E-state index is 13.4. The first-order valence-corrected chi connectivity index (χ1v) is 12.7. The van der Waals surface area contributed by atoms with Crippen LogP contribution in [0.2, 0.25) is 0 Å². The first-order valence-electron chi connectivity index (χ1n) is 12.7. The number of amides is 1. The molecular weight excluding hydrogens is 469 g/mol. The molecule has 194 valence electrons. The van der Waals surface area contributed by atoms with Crippen molar-refractivity contribution in [3.63, 3.8) is 0 Å². The van der Waals surface area contributed by atoms with Crippen LogP contribution in [0, 0.1) is 5.92 Å². The second-order valence-corrected chi connectivity index (χ2v) is 9.88. The number of anilines is 1. The molecule has 9 heteroatoms. The fraction of sp³-hybridized carbons (Fsp3) is 0.519. The highest BCUT2D eigenvalue weighted by Gasteiger charge is 2.42. The van der Waals surface area contributed by atoms with E-state index in [0.29, 0.717) is 44.8 Å². The molecule has 2 saturated heterocycles. The van der Waals surface area contributed by atoms with Gasteiger partial charge in [0.1, 0.15) is 0 Å². The van der Waals surface area contributed by atoms with Crippen molar-refractivity contribution >= 4 is 11.6 Å². The monoisotopic (exact) mass is 502 g/mol. The van der Waals surface area contributed by atoms with E-state index in [1.54, 1.807) is 6.07 Å². The molecule has 3 aliphatic rings. The predicted octanol–water partition coefficient (Wildman–Crippen LogP) is 3.02. The number of benzene rings is 2. The summed E-state index contributed by atoms with van der Waals surface area (Å²) in [5.41, 5.74) is 1.98. The molecule has 1 amide bonds. The second kappa shape index (κ2) is 10.8. The number of ether oxygens (including phenoxy) is 1. The number of hydrogen-bond acceptors (Lipinski definition) is 5. The number of alkyl halides is 3. The van der Waals surface area contributed by atoms with Crippen molar-refractivity contribution in [2.24, 2.45) is 5.92 Å². The van der Waals surface area contributed by atoms with E-state index in [2.05, 4.69) is 32.1 Å². The summed E-state index contributed by atoms with van der Waals surface area (Å²) in [6.07, 6.45) is -4.10. The Bertz CT molecular complexity index is 1040. The van der Waals surface area contributed by atoms with Crippen molar-refractivity contribution < 1.29 is 22.7 Å². The first-order chi connectivity index (χ1) is 17.4. The topological polar surface area (TPSA) is 48.1 Å². The maximum absolute atomic E-state index is 13.4. The minimum Gasteiger partial charge on any atom is -0.379 e. The molecule has 0 aromatic heterocycles. The number of carbonyl (C=O) groups excluding carboxylic acids is 1. The van der Waals surface area contributed by atoms with Crippen LogP contribution >= 0.6 is 0 Å². The molecule has 3 heterocycles. The van der Waals surface area contributed by atoms with Gasteiger partial charge in [0.25, 0.3) is 0 Å². The van der Waals surface area contributed by atoms with E-state index in [9.17, 15) is 18.0 Å². The lowest BCUT2D eigenvalue weighted by Crippen LogP contribution is -2.61. The quantitative estimate of drug-likeness (QED) is 0.658. The number of nitrogens with one attached hydrogen (secondary N) is 1. The van der Waals surface area contributed by atoms with Crippen molar-refractivity contribution in [1.29, 1.82) is 0 Å². The third-order valence-corrected chi connectivity index (χ3v) is 7.54. The highest BCUT2D eigenvalue weighted by molar-refractivity contribution is 5.82. The lowest BCUT2D eigenvalue weighted by molar-refractivity contribution is -0.137. The molecule has 0 saturated carbocycles. The summed E-state index contributed by atoms with van der Waals surface area (Å²) in [7, 11) is 0. The van der Waals surface area contributed by atoms with Gasteiger partial charge in [-0.15, -0.1) is 0 Å². The van der Waals surface area contributed by atoms with Crippen LogP contribution in [-0.2, 0) is 28.7 Å². The highest BCUT2D eigenvalue weighted by atomic mass is 19.4. The molecule has 0 bridgehead atoms. The van der Waals surface area contributed by atoms with E-state index >= 15 is 0 Å². The van der Waals surface area contributed by atoms with E-state index in [1.165, 1.54) is 11.6 Å². The maximum Gasteiger partial charge on any atom is 0.416 e. The summed E-state index contributed by atoms with van der Waals surface area (Å²) in [5, 5.41) is 3.08. The Morgan fingerprint density at radius 2 is 1.78 bits per heavy atom. The van der Waals surface area contributed by atoms with Gasteiger partial charge in [-0.1, -0.05) is 30.3 Å². The molecule has 3 aliphatic heterocycles. The molecule has 0 aliphatic carbocycles. The first kappa shape index (κ1) is 25.0. The molecular formula is C27H33F3N4O2. The third-order valence-electron chi connectivity index (χ3n) is 7.54. The number of fused-ring (bicyclic) bond motifs is 3. The SMILES string of the molecule is O=C(NCCN1CCOCC1)C1Cc2cc(C(F)(F)F)ccc2N2CCN(Cc3ccccc3)CC12. The molecule has 5 rings (SSSR count). The van der Waals surface area contributed by atoms with Crippen LogP contribution in [0.4, 0.5) is 18.9 Å².